The second kappa shape index (κ2) is 3.57. The fourth-order valence-corrected chi connectivity index (χ4v) is 6.09. The molecule has 0 bridgehead atoms. The lowest BCUT2D eigenvalue weighted by Crippen LogP contribution is -2.53. The van der Waals surface area contributed by atoms with Crippen LogP contribution in [-0.2, 0) is 21.5 Å². The zero-order valence-corrected chi connectivity index (χ0v) is 14.2. The van der Waals surface area contributed by atoms with Gasteiger partial charge in [-0.1, -0.05) is 37.0 Å². The van der Waals surface area contributed by atoms with Crippen LogP contribution in [0.2, 0.25) is 19.6 Å². The molecule has 1 aromatic rings. The van der Waals surface area contributed by atoms with Crippen LogP contribution in [0.15, 0.2) is 12.1 Å². The molecule has 3 heteroatoms. The summed E-state index contributed by atoms with van der Waals surface area (Å²) in [6.07, 6.45) is 3.71. The van der Waals surface area contributed by atoms with E-state index in [-0.39, 0.29) is 11.7 Å². The Labute approximate surface area is 122 Å². The number of rotatable bonds is 1. The molecule has 4 rings (SSSR count). The molecule has 2 aliphatic carbocycles. The van der Waals surface area contributed by atoms with Crippen LogP contribution in [0.5, 0.6) is 0 Å². The lowest BCUT2D eigenvalue weighted by molar-refractivity contribution is -0.165. The summed E-state index contributed by atoms with van der Waals surface area (Å²) in [7, 11) is -1.34. The molecule has 1 aromatic carbocycles. The molecule has 0 saturated carbocycles. The Morgan fingerprint density at radius 1 is 1.20 bits per heavy atom. The van der Waals surface area contributed by atoms with Crippen molar-refractivity contribution in [3.63, 3.8) is 0 Å². The summed E-state index contributed by atoms with van der Waals surface area (Å²) in [5.74, 6) is -0.449. The van der Waals surface area contributed by atoms with Crippen molar-refractivity contribution in [2.45, 2.75) is 70.2 Å². The summed E-state index contributed by atoms with van der Waals surface area (Å²) in [5.41, 5.74) is 4.37. The van der Waals surface area contributed by atoms with Crippen molar-refractivity contribution in [1.82, 2.24) is 0 Å². The van der Waals surface area contributed by atoms with Crippen molar-refractivity contribution in [2.75, 3.05) is 0 Å². The normalized spacial score (nSPS) is 33.4. The van der Waals surface area contributed by atoms with Crippen LogP contribution in [0, 0.1) is 0 Å². The molecule has 1 spiro atoms. The smallest absolute Gasteiger partial charge is 0.165 e. The lowest BCUT2D eigenvalue weighted by Gasteiger charge is -2.50. The first-order valence-electron chi connectivity index (χ1n) is 7.79. The predicted octanol–water partition coefficient (Wildman–Crippen LogP) is 3.60. The molecule has 108 valence electrons. The zero-order valence-electron chi connectivity index (χ0n) is 13.2. The van der Waals surface area contributed by atoms with Crippen molar-refractivity contribution in [2.24, 2.45) is 0 Å². The van der Waals surface area contributed by atoms with E-state index in [1.54, 1.807) is 5.19 Å². The molecular formula is C17H24O2Si. The molecule has 1 aliphatic heterocycles. The summed E-state index contributed by atoms with van der Waals surface area (Å²) in [4.78, 5) is 0. The summed E-state index contributed by atoms with van der Waals surface area (Å²) in [5, 5.41) is 1.57. The first-order chi connectivity index (χ1) is 9.25. The van der Waals surface area contributed by atoms with Crippen LogP contribution in [0.3, 0.4) is 0 Å². The Kier molecular flexibility index (Phi) is 2.33. The van der Waals surface area contributed by atoms with Crippen LogP contribution < -0.4 is 5.19 Å². The number of fused-ring (bicyclic) bond motifs is 1. The average molecular weight is 288 g/mol. The van der Waals surface area contributed by atoms with E-state index in [4.69, 9.17) is 9.47 Å². The topological polar surface area (TPSA) is 18.5 Å². The number of hydrogen-bond acceptors (Lipinski definition) is 2. The van der Waals surface area contributed by atoms with Crippen molar-refractivity contribution in [3.05, 3.63) is 28.8 Å². The van der Waals surface area contributed by atoms with Crippen molar-refractivity contribution >= 4 is 13.3 Å². The molecule has 2 nitrogen and oxygen atoms in total. The van der Waals surface area contributed by atoms with Gasteiger partial charge >= 0.3 is 0 Å². The van der Waals surface area contributed by atoms with Gasteiger partial charge in [-0.2, -0.15) is 0 Å². The highest BCUT2D eigenvalue weighted by Gasteiger charge is 2.65. The average Bonchev–Trinajstić information content (AvgIpc) is 2.53. The van der Waals surface area contributed by atoms with Gasteiger partial charge in [0.05, 0.1) is 8.07 Å². The molecule has 1 saturated heterocycles. The Bertz CT molecular complexity index is 600. The van der Waals surface area contributed by atoms with Crippen molar-refractivity contribution < 1.29 is 9.47 Å². The molecule has 0 unspecified atom stereocenters. The van der Waals surface area contributed by atoms with Crippen LogP contribution in [0.25, 0.3) is 0 Å². The molecule has 1 fully saturated rings. The Balaban J connectivity index is 1.95. The van der Waals surface area contributed by atoms with Crippen LogP contribution in [-0.4, -0.2) is 13.9 Å². The molecule has 2 atom stereocenters. The van der Waals surface area contributed by atoms with Crippen LogP contribution in [0.1, 0.15) is 49.5 Å². The number of benzene rings is 1. The van der Waals surface area contributed by atoms with Gasteiger partial charge in [-0.3, -0.25) is 0 Å². The second-order valence-corrected chi connectivity index (χ2v) is 13.1. The van der Waals surface area contributed by atoms with Gasteiger partial charge in [0.15, 0.2) is 5.79 Å². The van der Waals surface area contributed by atoms with Gasteiger partial charge in [-0.15, -0.1) is 0 Å². The van der Waals surface area contributed by atoms with Crippen molar-refractivity contribution in [1.29, 1.82) is 0 Å². The van der Waals surface area contributed by atoms with Crippen LogP contribution >= 0.6 is 0 Å². The van der Waals surface area contributed by atoms with Crippen LogP contribution in [0.4, 0.5) is 0 Å². The molecule has 0 aromatic heterocycles. The van der Waals surface area contributed by atoms with E-state index in [1.165, 1.54) is 29.5 Å². The molecule has 0 amide bonds. The summed E-state index contributed by atoms with van der Waals surface area (Å²) in [6, 6.07) is 4.74. The summed E-state index contributed by atoms with van der Waals surface area (Å²) < 4.78 is 12.7. The standard InChI is InChI=1S/C17H24O2Si/c1-16(2)18-15-13-12(20(3,4)5)9-8-11-7-6-10-17(15,19-16)14(11)13/h8-9,15H,6-7,10H2,1-5H3/t15-,17+/m0/s1. The van der Waals surface area contributed by atoms with E-state index in [0.29, 0.717) is 0 Å². The summed E-state index contributed by atoms with van der Waals surface area (Å²) in [6.45, 7) is 11.4. The largest absolute Gasteiger partial charge is 0.339 e. The lowest BCUT2D eigenvalue weighted by atomic mass is 9.63. The Morgan fingerprint density at radius 2 is 1.95 bits per heavy atom. The van der Waals surface area contributed by atoms with Gasteiger partial charge in [0, 0.05) is 0 Å². The number of aryl methyl sites for hydroxylation is 1. The molecule has 1 heterocycles. The number of hydrogen-bond donors (Lipinski definition) is 0. The number of ether oxygens (including phenoxy) is 2. The molecular weight excluding hydrogens is 264 g/mol. The zero-order chi connectivity index (χ0) is 14.3. The van der Waals surface area contributed by atoms with Gasteiger partial charge in [0.2, 0.25) is 0 Å². The van der Waals surface area contributed by atoms with Gasteiger partial charge in [-0.05, 0) is 49.8 Å². The van der Waals surface area contributed by atoms with E-state index in [9.17, 15) is 0 Å². The third-order valence-corrected chi connectivity index (χ3v) is 7.12. The van der Waals surface area contributed by atoms with E-state index in [0.717, 1.165) is 6.42 Å². The molecule has 20 heavy (non-hydrogen) atoms. The molecule has 0 radical (unpaired) electrons. The molecule has 0 N–H and O–H groups in total. The highest BCUT2D eigenvalue weighted by atomic mass is 28.3. The van der Waals surface area contributed by atoms with E-state index in [1.807, 2.05) is 0 Å². The van der Waals surface area contributed by atoms with Crippen molar-refractivity contribution in [3.8, 4) is 0 Å². The summed E-state index contributed by atoms with van der Waals surface area (Å²) >= 11 is 0. The highest BCUT2D eigenvalue weighted by molar-refractivity contribution is 6.89. The minimum atomic E-state index is -1.34. The fraction of sp³-hybridized carbons (Fsp3) is 0.647. The maximum atomic E-state index is 6.40. The first-order valence-corrected chi connectivity index (χ1v) is 11.3. The first kappa shape index (κ1) is 13.1. The maximum Gasteiger partial charge on any atom is 0.165 e. The maximum absolute atomic E-state index is 6.40. The quantitative estimate of drug-likeness (QED) is 0.735. The van der Waals surface area contributed by atoms with E-state index < -0.39 is 13.9 Å². The minimum absolute atomic E-state index is 0.123. The highest BCUT2D eigenvalue weighted by Crippen LogP contribution is 2.65. The minimum Gasteiger partial charge on any atom is -0.339 e. The Morgan fingerprint density at radius 3 is 2.65 bits per heavy atom. The van der Waals surface area contributed by atoms with Gasteiger partial charge in [-0.25, -0.2) is 0 Å². The van der Waals surface area contributed by atoms with Gasteiger partial charge in [0.1, 0.15) is 11.7 Å². The van der Waals surface area contributed by atoms with E-state index in [2.05, 4.69) is 45.6 Å². The third-order valence-electron chi connectivity index (χ3n) is 5.07. The predicted molar refractivity (Wildman–Crippen MR) is 83.0 cm³/mol. The SMILES string of the molecule is CC1(C)O[C@H]2c3c([Si](C)(C)C)ccc4c3[C@@]2(CCC4)O1. The fourth-order valence-electron chi connectivity index (χ4n) is 4.44. The molecule has 3 aliphatic rings. The van der Waals surface area contributed by atoms with Gasteiger partial charge < -0.3 is 9.47 Å². The van der Waals surface area contributed by atoms with Gasteiger partial charge in [0.25, 0.3) is 0 Å². The third kappa shape index (κ3) is 1.46. The van der Waals surface area contributed by atoms with E-state index >= 15 is 0 Å². The second-order valence-electron chi connectivity index (χ2n) is 8.05. The monoisotopic (exact) mass is 288 g/mol. The Hall–Kier alpha value is -0.643.